The molecule has 1 rings (SSSR count). The molecule has 0 aliphatic carbocycles. The Morgan fingerprint density at radius 3 is 2.72 bits per heavy atom. The number of carbonyl (C=O) groups is 2. The first-order valence-corrected chi connectivity index (χ1v) is 6.58. The average Bonchev–Trinajstić information content (AvgIpc) is 2.31. The number of nitrogens with one attached hydrogen (secondary N) is 1. The van der Waals surface area contributed by atoms with E-state index >= 15 is 0 Å². The van der Waals surface area contributed by atoms with E-state index in [2.05, 4.69) is 5.32 Å². The van der Waals surface area contributed by atoms with E-state index in [0.717, 1.165) is 18.2 Å². The number of anilines is 1. The Kier molecular flexibility index (Phi) is 5.15. The number of aromatic carboxylic acids is 1. The number of carbonyl (C=O) groups excluding carboxylic acids is 1. The third-order valence-electron chi connectivity index (χ3n) is 2.36. The molecule has 1 unspecified atom stereocenters. The third kappa shape index (κ3) is 4.03. The summed E-state index contributed by atoms with van der Waals surface area (Å²) in [5.74, 6) is -2.15. The minimum atomic E-state index is -1.16. The molecule has 0 bridgehead atoms. The van der Waals surface area contributed by atoms with Crippen LogP contribution >= 0.6 is 11.8 Å². The smallest absolute Gasteiger partial charge is 0.335 e. The lowest BCUT2D eigenvalue weighted by Gasteiger charge is -2.10. The number of hydrogen-bond donors (Lipinski definition) is 2. The highest BCUT2D eigenvalue weighted by atomic mass is 32.2. The molecule has 0 fully saturated rings. The van der Waals surface area contributed by atoms with Crippen LogP contribution in [0.2, 0.25) is 0 Å². The SMILES string of the molecule is CSC(C)CC(=O)Nc1cc(C(=O)O)ccc1F. The van der Waals surface area contributed by atoms with Gasteiger partial charge in [-0.25, -0.2) is 9.18 Å². The van der Waals surface area contributed by atoms with E-state index in [1.165, 1.54) is 11.8 Å². The minimum absolute atomic E-state index is 0.0652. The zero-order valence-electron chi connectivity index (χ0n) is 10.1. The maximum absolute atomic E-state index is 13.4. The summed E-state index contributed by atoms with van der Waals surface area (Å²) in [5, 5.41) is 11.3. The molecule has 0 radical (unpaired) electrons. The topological polar surface area (TPSA) is 66.4 Å². The van der Waals surface area contributed by atoms with Crippen LogP contribution in [0.1, 0.15) is 23.7 Å². The van der Waals surface area contributed by atoms with Gasteiger partial charge in [-0.05, 0) is 24.5 Å². The van der Waals surface area contributed by atoms with Gasteiger partial charge < -0.3 is 10.4 Å². The van der Waals surface area contributed by atoms with Crippen molar-refractivity contribution in [2.24, 2.45) is 0 Å². The Bertz CT molecular complexity index is 465. The van der Waals surface area contributed by atoms with Crippen LogP contribution in [0.3, 0.4) is 0 Å². The summed E-state index contributed by atoms with van der Waals surface area (Å²) >= 11 is 1.53. The number of amides is 1. The Balaban J connectivity index is 2.80. The van der Waals surface area contributed by atoms with E-state index in [-0.39, 0.29) is 28.8 Å². The fraction of sp³-hybridized carbons (Fsp3) is 0.333. The molecular formula is C12H14FNO3S. The average molecular weight is 271 g/mol. The van der Waals surface area contributed by atoms with Gasteiger partial charge in [0.1, 0.15) is 5.82 Å². The summed E-state index contributed by atoms with van der Waals surface area (Å²) in [6.07, 6.45) is 2.13. The van der Waals surface area contributed by atoms with Crippen molar-refractivity contribution >= 4 is 29.3 Å². The zero-order valence-corrected chi connectivity index (χ0v) is 10.9. The molecule has 0 spiro atoms. The first-order chi connectivity index (χ1) is 8.43. The molecule has 0 aromatic heterocycles. The van der Waals surface area contributed by atoms with E-state index < -0.39 is 11.8 Å². The van der Waals surface area contributed by atoms with Crippen molar-refractivity contribution in [3.05, 3.63) is 29.6 Å². The van der Waals surface area contributed by atoms with Crippen LogP contribution in [0.5, 0.6) is 0 Å². The molecule has 1 aromatic rings. The predicted octanol–water partition coefficient (Wildman–Crippen LogP) is 2.60. The molecule has 0 saturated heterocycles. The first kappa shape index (κ1) is 14.5. The van der Waals surface area contributed by atoms with Gasteiger partial charge in [0.05, 0.1) is 11.3 Å². The molecule has 0 heterocycles. The molecule has 6 heteroatoms. The number of thioether (sulfide) groups is 1. The maximum atomic E-state index is 13.4. The molecule has 2 N–H and O–H groups in total. The fourth-order valence-corrected chi connectivity index (χ4v) is 1.62. The lowest BCUT2D eigenvalue weighted by Crippen LogP contribution is -2.17. The van der Waals surface area contributed by atoms with Gasteiger partial charge in [0, 0.05) is 11.7 Å². The number of halogens is 1. The Labute approximate surface area is 109 Å². The highest BCUT2D eigenvalue weighted by Gasteiger charge is 2.12. The summed E-state index contributed by atoms with van der Waals surface area (Å²) in [7, 11) is 0. The Hall–Kier alpha value is -1.56. The number of carboxylic acid groups (broad SMARTS) is 1. The second-order valence-electron chi connectivity index (χ2n) is 3.80. The summed E-state index contributed by atoms with van der Waals surface area (Å²) in [4.78, 5) is 22.3. The molecule has 1 amide bonds. The van der Waals surface area contributed by atoms with Gasteiger partial charge in [0.25, 0.3) is 0 Å². The number of hydrogen-bond acceptors (Lipinski definition) is 3. The Morgan fingerprint density at radius 1 is 1.50 bits per heavy atom. The molecular weight excluding hydrogens is 257 g/mol. The lowest BCUT2D eigenvalue weighted by molar-refractivity contribution is -0.116. The van der Waals surface area contributed by atoms with Gasteiger partial charge in [-0.1, -0.05) is 6.92 Å². The van der Waals surface area contributed by atoms with Crippen molar-refractivity contribution < 1.29 is 19.1 Å². The summed E-state index contributed by atoms with van der Waals surface area (Å²) < 4.78 is 13.4. The second-order valence-corrected chi connectivity index (χ2v) is 5.07. The number of rotatable bonds is 5. The standard InChI is InChI=1S/C12H14FNO3S/c1-7(18-2)5-11(15)14-10-6-8(12(16)17)3-4-9(10)13/h3-4,6-7H,5H2,1-2H3,(H,14,15)(H,16,17). The van der Waals surface area contributed by atoms with Gasteiger partial charge in [0.15, 0.2) is 0 Å². The van der Waals surface area contributed by atoms with E-state index in [4.69, 9.17) is 5.11 Å². The normalized spacial score (nSPS) is 11.9. The van der Waals surface area contributed by atoms with Crippen LogP contribution in [-0.4, -0.2) is 28.5 Å². The van der Waals surface area contributed by atoms with Gasteiger partial charge >= 0.3 is 5.97 Å². The Morgan fingerprint density at radius 2 is 2.17 bits per heavy atom. The van der Waals surface area contributed by atoms with E-state index in [1.807, 2.05) is 13.2 Å². The molecule has 98 valence electrons. The summed E-state index contributed by atoms with van der Waals surface area (Å²) in [6.45, 7) is 1.88. The van der Waals surface area contributed by atoms with Crippen molar-refractivity contribution in [1.82, 2.24) is 0 Å². The van der Waals surface area contributed by atoms with Crippen LogP contribution in [0.25, 0.3) is 0 Å². The third-order valence-corrected chi connectivity index (χ3v) is 3.33. The van der Waals surface area contributed by atoms with Gasteiger partial charge in [-0.15, -0.1) is 0 Å². The van der Waals surface area contributed by atoms with Crippen LogP contribution in [0.4, 0.5) is 10.1 Å². The van der Waals surface area contributed by atoms with E-state index in [0.29, 0.717) is 0 Å². The molecule has 1 aromatic carbocycles. The van der Waals surface area contributed by atoms with Gasteiger partial charge in [0.2, 0.25) is 5.91 Å². The number of carboxylic acids is 1. The molecule has 0 aliphatic heterocycles. The van der Waals surface area contributed by atoms with Crippen LogP contribution in [0.15, 0.2) is 18.2 Å². The summed E-state index contributed by atoms with van der Waals surface area (Å²) in [6, 6.07) is 3.29. The largest absolute Gasteiger partial charge is 0.478 e. The van der Waals surface area contributed by atoms with Crippen molar-refractivity contribution in [3.8, 4) is 0 Å². The number of benzene rings is 1. The van der Waals surface area contributed by atoms with Crippen molar-refractivity contribution in [2.45, 2.75) is 18.6 Å². The van der Waals surface area contributed by atoms with Crippen molar-refractivity contribution in [2.75, 3.05) is 11.6 Å². The van der Waals surface area contributed by atoms with Crippen LogP contribution < -0.4 is 5.32 Å². The minimum Gasteiger partial charge on any atom is -0.478 e. The predicted molar refractivity (Wildman–Crippen MR) is 69.6 cm³/mol. The molecule has 0 saturated carbocycles. The van der Waals surface area contributed by atoms with Gasteiger partial charge in [-0.3, -0.25) is 4.79 Å². The van der Waals surface area contributed by atoms with E-state index in [9.17, 15) is 14.0 Å². The van der Waals surface area contributed by atoms with Gasteiger partial charge in [-0.2, -0.15) is 11.8 Å². The lowest BCUT2D eigenvalue weighted by atomic mass is 10.2. The molecule has 1 atom stereocenters. The second kappa shape index (κ2) is 6.39. The quantitative estimate of drug-likeness (QED) is 0.864. The molecule has 4 nitrogen and oxygen atoms in total. The molecule has 0 aliphatic rings. The highest BCUT2D eigenvalue weighted by Crippen LogP contribution is 2.18. The van der Waals surface area contributed by atoms with E-state index in [1.54, 1.807) is 0 Å². The summed E-state index contributed by atoms with van der Waals surface area (Å²) in [5.41, 5.74) is -0.169. The van der Waals surface area contributed by atoms with Crippen molar-refractivity contribution in [1.29, 1.82) is 0 Å². The van der Waals surface area contributed by atoms with Crippen molar-refractivity contribution in [3.63, 3.8) is 0 Å². The van der Waals surface area contributed by atoms with Crippen LogP contribution in [0, 0.1) is 5.82 Å². The van der Waals surface area contributed by atoms with Crippen LogP contribution in [-0.2, 0) is 4.79 Å². The maximum Gasteiger partial charge on any atom is 0.335 e. The highest BCUT2D eigenvalue weighted by molar-refractivity contribution is 7.99. The fourth-order valence-electron chi connectivity index (χ4n) is 1.30. The molecule has 18 heavy (non-hydrogen) atoms. The zero-order chi connectivity index (χ0) is 13.7. The first-order valence-electron chi connectivity index (χ1n) is 5.29. The monoisotopic (exact) mass is 271 g/mol.